The Morgan fingerprint density at radius 3 is 2.57 bits per heavy atom. The molecule has 114 valence electrons. The molecule has 1 heterocycles. The summed E-state index contributed by atoms with van der Waals surface area (Å²) in [4.78, 5) is 23.9. The molecule has 0 unspecified atom stereocenters. The minimum absolute atomic E-state index is 0.234. The molecule has 1 aromatic carbocycles. The second-order valence-corrected chi connectivity index (χ2v) is 4.82. The number of ether oxygens (including phenoxy) is 1. The summed E-state index contributed by atoms with van der Waals surface area (Å²) >= 11 is 0. The van der Waals surface area contributed by atoms with E-state index in [2.05, 4.69) is 0 Å². The van der Waals surface area contributed by atoms with E-state index >= 15 is 0 Å². The highest BCUT2D eigenvalue weighted by atomic mass is 19.1. The summed E-state index contributed by atoms with van der Waals surface area (Å²) < 4.78 is 31.8. The Hall–Kier alpha value is -2.02. The Labute approximate surface area is 120 Å². The fourth-order valence-electron chi connectivity index (χ4n) is 2.25. The van der Waals surface area contributed by atoms with Gasteiger partial charge in [-0.3, -0.25) is 4.79 Å². The van der Waals surface area contributed by atoms with Crippen LogP contribution < -0.4 is 0 Å². The molecule has 0 atom stereocenters. The molecule has 1 aromatic rings. The topological polar surface area (TPSA) is 66.8 Å². The number of hydrogen-bond acceptors (Lipinski definition) is 3. The number of hydrogen-bond donors (Lipinski definition) is 1. The van der Waals surface area contributed by atoms with Gasteiger partial charge >= 0.3 is 5.97 Å². The van der Waals surface area contributed by atoms with Crippen molar-refractivity contribution in [1.82, 2.24) is 4.90 Å². The van der Waals surface area contributed by atoms with E-state index in [4.69, 9.17) is 9.84 Å². The molecule has 1 N–H and O–H groups in total. The van der Waals surface area contributed by atoms with Crippen LogP contribution in [-0.2, 0) is 9.53 Å². The van der Waals surface area contributed by atoms with Gasteiger partial charge in [0.1, 0.15) is 18.2 Å². The van der Waals surface area contributed by atoms with Crippen LogP contribution in [0.25, 0.3) is 0 Å². The minimum atomic E-state index is -1.05. The Balaban J connectivity index is 1.94. The van der Waals surface area contributed by atoms with E-state index in [0.29, 0.717) is 25.9 Å². The number of nitrogens with zero attached hydrogens (tertiary/aromatic N) is 1. The van der Waals surface area contributed by atoms with Gasteiger partial charge in [0.05, 0.1) is 11.7 Å². The molecule has 0 aliphatic carbocycles. The van der Waals surface area contributed by atoms with E-state index in [-0.39, 0.29) is 18.3 Å². The van der Waals surface area contributed by atoms with E-state index in [1.54, 1.807) is 0 Å². The van der Waals surface area contributed by atoms with Gasteiger partial charge in [0.15, 0.2) is 0 Å². The standard InChI is InChI=1S/C14H15F2NO4/c15-9-1-2-12(16)11(7-9)14(20)17-5-3-10(4-6-17)21-8-13(18)19/h1-2,7,10H,3-6,8H2,(H,18,19). The van der Waals surface area contributed by atoms with Crippen molar-refractivity contribution in [2.45, 2.75) is 18.9 Å². The van der Waals surface area contributed by atoms with Gasteiger partial charge in [-0.25, -0.2) is 13.6 Å². The fraction of sp³-hybridized carbons (Fsp3) is 0.429. The first-order chi connectivity index (χ1) is 9.97. The van der Waals surface area contributed by atoms with Gasteiger partial charge in [-0.2, -0.15) is 0 Å². The lowest BCUT2D eigenvalue weighted by Crippen LogP contribution is -2.41. The highest BCUT2D eigenvalue weighted by molar-refractivity contribution is 5.94. The molecular weight excluding hydrogens is 284 g/mol. The predicted molar refractivity (Wildman–Crippen MR) is 68.9 cm³/mol. The summed E-state index contributed by atoms with van der Waals surface area (Å²) in [6, 6.07) is 2.76. The molecular formula is C14H15F2NO4. The van der Waals surface area contributed by atoms with Crippen LogP contribution in [0.2, 0.25) is 0 Å². The van der Waals surface area contributed by atoms with Crippen LogP contribution in [0.15, 0.2) is 18.2 Å². The third-order valence-electron chi connectivity index (χ3n) is 3.33. The molecule has 1 amide bonds. The Kier molecular flexibility index (Phi) is 4.85. The maximum atomic E-state index is 13.6. The zero-order valence-corrected chi connectivity index (χ0v) is 11.2. The van der Waals surface area contributed by atoms with Crippen LogP contribution in [0.5, 0.6) is 0 Å². The first-order valence-electron chi connectivity index (χ1n) is 6.55. The summed E-state index contributed by atoms with van der Waals surface area (Å²) in [5.41, 5.74) is -0.292. The molecule has 0 aromatic heterocycles. The molecule has 1 aliphatic heterocycles. The lowest BCUT2D eigenvalue weighted by molar-refractivity contribution is -0.145. The summed E-state index contributed by atoms with van der Waals surface area (Å²) in [5.74, 6) is -3.04. The van der Waals surface area contributed by atoms with E-state index in [9.17, 15) is 18.4 Å². The third-order valence-corrected chi connectivity index (χ3v) is 3.33. The number of amides is 1. The Morgan fingerprint density at radius 2 is 1.95 bits per heavy atom. The lowest BCUT2D eigenvalue weighted by Gasteiger charge is -2.31. The van der Waals surface area contributed by atoms with Crippen LogP contribution in [0, 0.1) is 11.6 Å². The highest BCUT2D eigenvalue weighted by Crippen LogP contribution is 2.18. The molecule has 1 saturated heterocycles. The molecule has 0 radical (unpaired) electrons. The predicted octanol–water partition coefficient (Wildman–Crippen LogP) is 1.67. The van der Waals surface area contributed by atoms with E-state index in [1.807, 2.05) is 0 Å². The molecule has 1 fully saturated rings. The molecule has 21 heavy (non-hydrogen) atoms. The van der Waals surface area contributed by atoms with Gasteiger partial charge in [-0.15, -0.1) is 0 Å². The second kappa shape index (κ2) is 6.62. The van der Waals surface area contributed by atoms with Crippen LogP contribution in [0.4, 0.5) is 8.78 Å². The monoisotopic (exact) mass is 299 g/mol. The highest BCUT2D eigenvalue weighted by Gasteiger charge is 2.26. The molecule has 5 nitrogen and oxygen atoms in total. The first-order valence-corrected chi connectivity index (χ1v) is 6.55. The first kappa shape index (κ1) is 15.4. The van der Waals surface area contributed by atoms with Gasteiger partial charge in [0.25, 0.3) is 5.91 Å². The van der Waals surface area contributed by atoms with Crippen LogP contribution >= 0.6 is 0 Å². The molecule has 0 spiro atoms. The normalized spacial score (nSPS) is 16.0. The van der Waals surface area contributed by atoms with Crippen molar-refractivity contribution in [3.05, 3.63) is 35.4 Å². The Morgan fingerprint density at radius 1 is 1.29 bits per heavy atom. The summed E-state index contributed by atoms with van der Waals surface area (Å²) in [7, 11) is 0. The van der Waals surface area contributed by atoms with Crippen LogP contribution in [0.3, 0.4) is 0 Å². The van der Waals surface area contributed by atoms with Crippen molar-refractivity contribution in [1.29, 1.82) is 0 Å². The van der Waals surface area contributed by atoms with Crippen molar-refractivity contribution < 1.29 is 28.2 Å². The zero-order chi connectivity index (χ0) is 15.4. The number of rotatable bonds is 4. The summed E-state index contributed by atoms with van der Waals surface area (Å²) in [6.07, 6.45) is 0.703. The molecule has 0 bridgehead atoms. The van der Waals surface area contributed by atoms with Gasteiger partial charge < -0.3 is 14.7 Å². The fourth-order valence-corrected chi connectivity index (χ4v) is 2.25. The number of halogens is 2. The van der Waals surface area contributed by atoms with E-state index < -0.39 is 23.5 Å². The van der Waals surface area contributed by atoms with Crippen molar-refractivity contribution in [3.63, 3.8) is 0 Å². The maximum absolute atomic E-state index is 13.6. The van der Waals surface area contributed by atoms with Crippen molar-refractivity contribution in [3.8, 4) is 0 Å². The molecule has 7 heteroatoms. The molecule has 1 aliphatic rings. The largest absolute Gasteiger partial charge is 0.480 e. The SMILES string of the molecule is O=C(O)COC1CCN(C(=O)c2cc(F)ccc2F)CC1. The van der Waals surface area contributed by atoms with E-state index in [0.717, 1.165) is 18.2 Å². The average Bonchev–Trinajstić information content (AvgIpc) is 2.47. The number of carbonyl (C=O) groups excluding carboxylic acids is 1. The number of carboxylic acids is 1. The van der Waals surface area contributed by atoms with Gasteiger partial charge in [-0.05, 0) is 31.0 Å². The quantitative estimate of drug-likeness (QED) is 0.918. The van der Waals surface area contributed by atoms with Crippen LogP contribution in [-0.4, -0.2) is 47.7 Å². The summed E-state index contributed by atoms with van der Waals surface area (Å²) in [5, 5.41) is 8.52. The number of likely N-dealkylation sites (tertiary alicyclic amines) is 1. The Bertz CT molecular complexity index is 542. The van der Waals surface area contributed by atoms with Crippen LogP contribution in [0.1, 0.15) is 23.2 Å². The van der Waals surface area contributed by atoms with Crippen molar-refractivity contribution in [2.75, 3.05) is 19.7 Å². The third kappa shape index (κ3) is 3.98. The number of aliphatic carboxylic acids is 1. The second-order valence-electron chi connectivity index (χ2n) is 4.82. The molecule has 2 rings (SSSR count). The number of carbonyl (C=O) groups is 2. The lowest BCUT2D eigenvalue weighted by atomic mass is 10.1. The summed E-state index contributed by atoms with van der Waals surface area (Å²) in [6.45, 7) is 0.259. The van der Waals surface area contributed by atoms with E-state index in [1.165, 1.54) is 4.90 Å². The molecule has 0 saturated carbocycles. The smallest absolute Gasteiger partial charge is 0.329 e. The van der Waals surface area contributed by atoms with Crippen molar-refractivity contribution in [2.24, 2.45) is 0 Å². The maximum Gasteiger partial charge on any atom is 0.329 e. The zero-order valence-electron chi connectivity index (χ0n) is 11.2. The van der Waals surface area contributed by atoms with Crippen molar-refractivity contribution >= 4 is 11.9 Å². The number of carboxylic acid groups (broad SMARTS) is 1. The number of benzene rings is 1. The van der Waals surface area contributed by atoms with Gasteiger partial charge in [0, 0.05) is 13.1 Å². The average molecular weight is 299 g/mol. The van der Waals surface area contributed by atoms with Gasteiger partial charge in [-0.1, -0.05) is 0 Å². The number of piperidine rings is 1. The van der Waals surface area contributed by atoms with Gasteiger partial charge in [0.2, 0.25) is 0 Å². The minimum Gasteiger partial charge on any atom is -0.480 e.